The molecule has 2 amide bonds. The standard InChI is InChI=1S/C22H16F4N4O3/c1-11-8-15(14-6-3-7-18-19(14)20(27)30-33-18)16(23)10-17(11)29-21(31)28-12-4-2-5-13(9-12)32-22(24,25)26/h2-10H,1H3,(H2,27,30)(H2,28,29,31). The fraction of sp³-hybridized carbons (Fsp3) is 0.0909. The highest BCUT2D eigenvalue weighted by atomic mass is 19.4. The van der Waals surface area contributed by atoms with Crippen LogP contribution < -0.4 is 21.1 Å². The van der Waals surface area contributed by atoms with Gasteiger partial charge in [-0.25, -0.2) is 9.18 Å². The van der Waals surface area contributed by atoms with Gasteiger partial charge in [0.2, 0.25) is 0 Å². The van der Waals surface area contributed by atoms with E-state index in [-0.39, 0.29) is 22.8 Å². The number of fused-ring (bicyclic) bond motifs is 1. The molecule has 7 nitrogen and oxygen atoms in total. The Labute approximate surface area is 184 Å². The molecule has 4 rings (SSSR count). The third-order valence-electron chi connectivity index (χ3n) is 4.70. The Hall–Kier alpha value is -4.28. The number of nitrogens with zero attached hydrogens (tertiary/aromatic N) is 1. The van der Waals surface area contributed by atoms with Crippen LogP contribution in [0.5, 0.6) is 5.75 Å². The number of halogens is 4. The summed E-state index contributed by atoms with van der Waals surface area (Å²) >= 11 is 0. The zero-order valence-corrected chi connectivity index (χ0v) is 17.0. The van der Waals surface area contributed by atoms with Gasteiger partial charge < -0.3 is 25.6 Å². The number of amides is 2. The first-order chi connectivity index (χ1) is 15.6. The molecule has 0 fully saturated rings. The number of anilines is 3. The van der Waals surface area contributed by atoms with Crippen LogP contribution in [0.4, 0.5) is 39.5 Å². The Balaban J connectivity index is 1.55. The van der Waals surface area contributed by atoms with E-state index in [1.165, 1.54) is 18.2 Å². The first-order valence-corrected chi connectivity index (χ1v) is 9.49. The summed E-state index contributed by atoms with van der Waals surface area (Å²) in [6.45, 7) is 1.66. The molecule has 4 N–H and O–H groups in total. The van der Waals surface area contributed by atoms with Crippen molar-refractivity contribution in [3.63, 3.8) is 0 Å². The second-order valence-corrected chi connectivity index (χ2v) is 7.05. The Morgan fingerprint density at radius 3 is 2.58 bits per heavy atom. The Bertz CT molecular complexity index is 1350. The van der Waals surface area contributed by atoms with Crippen LogP contribution in [0, 0.1) is 12.7 Å². The van der Waals surface area contributed by atoms with Gasteiger partial charge in [-0.2, -0.15) is 0 Å². The summed E-state index contributed by atoms with van der Waals surface area (Å²) in [7, 11) is 0. The van der Waals surface area contributed by atoms with Crippen LogP contribution >= 0.6 is 0 Å². The van der Waals surface area contributed by atoms with Crippen LogP contribution in [-0.4, -0.2) is 17.6 Å². The topological polar surface area (TPSA) is 102 Å². The van der Waals surface area contributed by atoms with E-state index in [9.17, 15) is 22.4 Å². The lowest BCUT2D eigenvalue weighted by atomic mass is 9.98. The first-order valence-electron chi connectivity index (χ1n) is 9.49. The van der Waals surface area contributed by atoms with Gasteiger partial charge in [0, 0.05) is 23.0 Å². The molecule has 0 atom stereocenters. The molecular weight excluding hydrogens is 444 g/mol. The first kappa shape index (κ1) is 21.9. The maximum absolute atomic E-state index is 15.0. The molecule has 0 saturated heterocycles. The van der Waals surface area contributed by atoms with Crippen molar-refractivity contribution < 1.29 is 31.6 Å². The zero-order valence-electron chi connectivity index (χ0n) is 17.0. The zero-order chi connectivity index (χ0) is 23.8. The molecule has 0 radical (unpaired) electrons. The highest BCUT2D eigenvalue weighted by Crippen LogP contribution is 2.36. The summed E-state index contributed by atoms with van der Waals surface area (Å²) in [4.78, 5) is 12.3. The molecule has 33 heavy (non-hydrogen) atoms. The third kappa shape index (κ3) is 4.81. The molecule has 0 aliphatic carbocycles. The summed E-state index contributed by atoms with van der Waals surface area (Å²) in [6.07, 6.45) is -4.86. The number of carbonyl (C=O) groups is 1. The van der Waals surface area contributed by atoms with Gasteiger partial charge in [0.1, 0.15) is 11.6 Å². The lowest BCUT2D eigenvalue weighted by Gasteiger charge is -2.14. The number of urea groups is 1. The molecule has 1 aromatic heterocycles. The van der Waals surface area contributed by atoms with E-state index in [2.05, 4.69) is 20.5 Å². The average molecular weight is 460 g/mol. The monoisotopic (exact) mass is 460 g/mol. The van der Waals surface area contributed by atoms with Gasteiger partial charge >= 0.3 is 12.4 Å². The number of ether oxygens (including phenoxy) is 1. The highest BCUT2D eigenvalue weighted by molar-refractivity contribution is 6.02. The summed E-state index contributed by atoms with van der Waals surface area (Å²) in [5.41, 5.74) is 7.72. The molecule has 0 saturated carbocycles. The van der Waals surface area contributed by atoms with Crippen LogP contribution in [0.15, 0.2) is 59.1 Å². The maximum atomic E-state index is 15.0. The van der Waals surface area contributed by atoms with Gasteiger partial charge in [-0.3, -0.25) is 0 Å². The number of alkyl halides is 3. The molecule has 0 bridgehead atoms. The minimum atomic E-state index is -4.86. The fourth-order valence-electron chi connectivity index (χ4n) is 3.32. The van der Waals surface area contributed by atoms with Crippen LogP contribution in [0.25, 0.3) is 22.1 Å². The normalized spacial score (nSPS) is 11.4. The van der Waals surface area contributed by atoms with Crippen molar-refractivity contribution in [2.24, 2.45) is 0 Å². The molecule has 0 aliphatic rings. The van der Waals surface area contributed by atoms with Crippen LogP contribution in [0.1, 0.15) is 5.56 Å². The number of aryl methyl sites for hydroxylation is 1. The van der Waals surface area contributed by atoms with E-state index in [1.54, 1.807) is 25.1 Å². The van der Waals surface area contributed by atoms with Crippen molar-refractivity contribution in [3.05, 3.63) is 66.0 Å². The average Bonchev–Trinajstić information content (AvgIpc) is 3.11. The molecule has 1 heterocycles. The molecule has 0 unspecified atom stereocenters. The number of hydrogen-bond donors (Lipinski definition) is 3. The maximum Gasteiger partial charge on any atom is 0.573 e. The van der Waals surface area contributed by atoms with E-state index in [1.807, 2.05) is 0 Å². The number of benzene rings is 3. The Kier molecular flexibility index (Phi) is 5.54. The summed E-state index contributed by atoms with van der Waals surface area (Å²) in [5.74, 6) is -1.00. The van der Waals surface area contributed by atoms with Crippen LogP contribution in [0.3, 0.4) is 0 Å². The molecule has 0 aliphatic heterocycles. The van der Waals surface area contributed by atoms with Gasteiger partial charge in [-0.1, -0.05) is 23.4 Å². The minimum Gasteiger partial charge on any atom is -0.406 e. The van der Waals surface area contributed by atoms with E-state index in [0.717, 1.165) is 18.2 Å². The summed E-state index contributed by atoms with van der Waals surface area (Å²) < 4.78 is 61.1. The van der Waals surface area contributed by atoms with Gasteiger partial charge in [0.25, 0.3) is 0 Å². The van der Waals surface area contributed by atoms with Crippen molar-refractivity contribution in [2.45, 2.75) is 13.3 Å². The number of aromatic nitrogens is 1. The predicted octanol–water partition coefficient (Wildman–Crippen LogP) is 6.07. The van der Waals surface area contributed by atoms with E-state index in [4.69, 9.17) is 10.3 Å². The second kappa shape index (κ2) is 8.34. The number of hydrogen-bond acceptors (Lipinski definition) is 5. The van der Waals surface area contributed by atoms with E-state index in [0.29, 0.717) is 22.1 Å². The molecule has 11 heteroatoms. The lowest BCUT2D eigenvalue weighted by molar-refractivity contribution is -0.274. The number of nitrogens with two attached hydrogens (primary N) is 1. The number of carbonyl (C=O) groups excluding carboxylic acids is 1. The third-order valence-corrected chi connectivity index (χ3v) is 4.70. The molecule has 3 aromatic carbocycles. The lowest BCUT2D eigenvalue weighted by Crippen LogP contribution is -2.20. The van der Waals surface area contributed by atoms with Crippen LogP contribution in [-0.2, 0) is 0 Å². The van der Waals surface area contributed by atoms with E-state index < -0.39 is 24.0 Å². The Morgan fingerprint density at radius 2 is 1.82 bits per heavy atom. The number of nitrogen functional groups attached to an aromatic ring is 1. The van der Waals surface area contributed by atoms with Crippen molar-refractivity contribution in [1.82, 2.24) is 5.16 Å². The SMILES string of the molecule is Cc1cc(-c2cccc3onc(N)c23)c(F)cc1NC(=O)Nc1cccc(OC(F)(F)F)c1. The van der Waals surface area contributed by atoms with Crippen molar-refractivity contribution in [1.29, 1.82) is 0 Å². The van der Waals surface area contributed by atoms with Gasteiger partial charge in [-0.15, -0.1) is 13.2 Å². The molecule has 0 spiro atoms. The largest absolute Gasteiger partial charge is 0.573 e. The molecular formula is C22H16F4N4O3. The second-order valence-electron chi connectivity index (χ2n) is 7.05. The number of rotatable bonds is 4. The smallest absolute Gasteiger partial charge is 0.406 e. The summed E-state index contributed by atoms with van der Waals surface area (Å²) in [5, 5.41) is 9.03. The number of nitrogens with one attached hydrogen (secondary N) is 2. The van der Waals surface area contributed by atoms with Gasteiger partial charge in [0.05, 0.1) is 5.39 Å². The van der Waals surface area contributed by atoms with E-state index >= 15 is 0 Å². The fourth-order valence-corrected chi connectivity index (χ4v) is 3.32. The quantitative estimate of drug-likeness (QED) is 0.321. The molecule has 170 valence electrons. The molecule has 4 aromatic rings. The minimum absolute atomic E-state index is 0.0543. The van der Waals surface area contributed by atoms with Gasteiger partial charge in [0.15, 0.2) is 11.4 Å². The van der Waals surface area contributed by atoms with Gasteiger partial charge in [-0.05, 0) is 48.4 Å². The highest BCUT2D eigenvalue weighted by Gasteiger charge is 2.31. The van der Waals surface area contributed by atoms with Crippen molar-refractivity contribution >= 4 is 34.2 Å². The summed E-state index contributed by atoms with van der Waals surface area (Å²) in [6, 6.07) is 11.7. The van der Waals surface area contributed by atoms with Crippen LogP contribution in [0.2, 0.25) is 0 Å². The van der Waals surface area contributed by atoms with Crippen molar-refractivity contribution in [3.8, 4) is 16.9 Å². The predicted molar refractivity (Wildman–Crippen MR) is 114 cm³/mol. The Morgan fingerprint density at radius 1 is 1.06 bits per heavy atom. The van der Waals surface area contributed by atoms with Crippen molar-refractivity contribution in [2.75, 3.05) is 16.4 Å².